The predicted molar refractivity (Wildman–Crippen MR) is 92.8 cm³/mol. The van der Waals surface area contributed by atoms with Crippen LogP contribution in [0.4, 0.5) is 13.2 Å². The molecule has 0 aliphatic rings. The fourth-order valence-electron chi connectivity index (χ4n) is 2.30. The van der Waals surface area contributed by atoms with Gasteiger partial charge >= 0.3 is 6.18 Å². The van der Waals surface area contributed by atoms with Gasteiger partial charge < -0.3 is 5.32 Å². The second kappa shape index (κ2) is 8.69. The molecule has 0 amide bonds. The Balaban J connectivity index is 0.00000312. The Labute approximate surface area is 151 Å². The molecule has 1 N–H and O–H groups in total. The van der Waals surface area contributed by atoms with Gasteiger partial charge in [0.05, 0.1) is 15.4 Å². The first-order chi connectivity index (χ1) is 11.2. The monoisotopic (exact) mass is 393 g/mol. The molecule has 25 heavy (non-hydrogen) atoms. The highest BCUT2D eigenvalue weighted by Gasteiger charge is 2.30. The van der Waals surface area contributed by atoms with Crippen molar-refractivity contribution in [2.45, 2.75) is 28.8 Å². The van der Waals surface area contributed by atoms with Gasteiger partial charge in [0.25, 0.3) is 0 Å². The SMILES string of the molecule is CNCCCc1cccc(S(=O)(=O)c2ccc(C(F)(F)F)cc2)c1.Cl. The van der Waals surface area contributed by atoms with Gasteiger partial charge in [-0.1, -0.05) is 12.1 Å². The van der Waals surface area contributed by atoms with Crippen LogP contribution in [0.1, 0.15) is 17.5 Å². The summed E-state index contributed by atoms with van der Waals surface area (Å²) < 4.78 is 62.9. The van der Waals surface area contributed by atoms with Crippen molar-refractivity contribution < 1.29 is 21.6 Å². The Morgan fingerprint density at radius 1 is 1.00 bits per heavy atom. The van der Waals surface area contributed by atoms with Crippen molar-refractivity contribution in [3.63, 3.8) is 0 Å². The van der Waals surface area contributed by atoms with E-state index in [9.17, 15) is 21.6 Å². The maximum Gasteiger partial charge on any atom is 0.416 e. The first-order valence-electron chi connectivity index (χ1n) is 7.41. The number of halogens is 4. The lowest BCUT2D eigenvalue weighted by Gasteiger charge is -2.09. The largest absolute Gasteiger partial charge is 0.416 e. The molecule has 0 bridgehead atoms. The summed E-state index contributed by atoms with van der Waals surface area (Å²) in [6.07, 6.45) is -2.91. The van der Waals surface area contributed by atoms with Crippen molar-refractivity contribution in [3.8, 4) is 0 Å². The van der Waals surface area contributed by atoms with E-state index in [1.807, 2.05) is 13.1 Å². The van der Waals surface area contributed by atoms with Gasteiger partial charge in [0, 0.05) is 0 Å². The molecule has 0 atom stereocenters. The van der Waals surface area contributed by atoms with Crippen LogP contribution in [0, 0.1) is 0 Å². The summed E-state index contributed by atoms with van der Waals surface area (Å²) in [5.41, 5.74) is 0.000466. The topological polar surface area (TPSA) is 46.2 Å². The number of hydrogen-bond acceptors (Lipinski definition) is 3. The van der Waals surface area contributed by atoms with Gasteiger partial charge in [-0.3, -0.25) is 0 Å². The van der Waals surface area contributed by atoms with Crippen molar-refractivity contribution in [1.29, 1.82) is 0 Å². The van der Waals surface area contributed by atoms with Gasteiger partial charge in [0.2, 0.25) is 9.84 Å². The van der Waals surface area contributed by atoms with Crippen LogP contribution in [-0.2, 0) is 22.4 Å². The van der Waals surface area contributed by atoms with Crippen molar-refractivity contribution in [3.05, 3.63) is 59.7 Å². The lowest BCUT2D eigenvalue weighted by Crippen LogP contribution is -2.09. The minimum atomic E-state index is -4.49. The Kier molecular flexibility index (Phi) is 7.46. The summed E-state index contributed by atoms with van der Waals surface area (Å²) in [6.45, 7) is 0.815. The van der Waals surface area contributed by atoms with Crippen LogP contribution in [0.25, 0.3) is 0 Å². The van der Waals surface area contributed by atoms with Crippen LogP contribution < -0.4 is 5.32 Å². The van der Waals surface area contributed by atoms with E-state index in [1.54, 1.807) is 12.1 Å². The number of hydrogen-bond donors (Lipinski definition) is 1. The minimum absolute atomic E-state index is 0. The van der Waals surface area contributed by atoms with Crippen molar-refractivity contribution in [2.24, 2.45) is 0 Å². The van der Waals surface area contributed by atoms with E-state index in [0.717, 1.165) is 49.2 Å². The van der Waals surface area contributed by atoms with Crippen LogP contribution in [0.3, 0.4) is 0 Å². The molecule has 3 nitrogen and oxygen atoms in total. The van der Waals surface area contributed by atoms with Gasteiger partial charge in [-0.2, -0.15) is 13.2 Å². The highest BCUT2D eigenvalue weighted by molar-refractivity contribution is 7.91. The lowest BCUT2D eigenvalue weighted by atomic mass is 10.1. The molecule has 0 unspecified atom stereocenters. The Hall–Kier alpha value is -1.57. The first kappa shape index (κ1) is 21.5. The molecule has 2 aromatic carbocycles. The number of sulfone groups is 1. The van der Waals surface area contributed by atoms with Crippen molar-refractivity contribution in [1.82, 2.24) is 5.32 Å². The molecular formula is C17H19ClF3NO2S. The first-order valence-corrected chi connectivity index (χ1v) is 8.89. The lowest BCUT2D eigenvalue weighted by molar-refractivity contribution is -0.137. The average Bonchev–Trinajstić information content (AvgIpc) is 2.55. The summed E-state index contributed by atoms with van der Waals surface area (Å²) in [5.74, 6) is 0. The molecule has 0 spiro atoms. The predicted octanol–water partition coefficient (Wildman–Crippen LogP) is 4.11. The smallest absolute Gasteiger partial charge is 0.320 e. The molecule has 8 heteroatoms. The average molecular weight is 394 g/mol. The maximum atomic E-state index is 12.6. The van der Waals surface area contributed by atoms with Gasteiger partial charge in [-0.05, 0) is 68.4 Å². The van der Waals surface area contributed by atoms with Gasteiger partial charge in [-0.15, -0.1) is 12.4 Å². The highest BCUT2D eigenvalue weighted by atomic mass is 35.5. The molecule has 0 aromatic heterocycles. The number of nitrogens with one attached hydrogen (secondary N) is 1. The Bertz CT molecular complexity index is 790. The highest BCUT2D eigenvalue weighted by Crippen LogP contribution is 2.31. The van der Waals surface area contributed by atoms with Crippen LogP contribution in [0.15, 0.2) is 58.3 Å². The van der Waals surface area contributed by atoms with Gasteiger partial charge in [-0.25, -0.2) is 8.42 Å². The van der Waals surface area contributed by atoms with E-state index in [0.29, 0.717) is 0 Å². The Morgan fingerprint density at radius 3 is 2.20 bits per heavy atom. The molecule has 0 aliphatic carbocycles. The Morgan fingerprint density at radius 2 is 1.64 bits per heavy atom. The minimum Gasteiger partial charge on any atom is -0.320 e. The van der Waals surface area contributed by atoms with E-state index < -0.39 is 21.6 Å². The molecule has 0 fully saturated rings. The molecular weight excluding hydrogens is 375 g/mol. The quantitative estimate of drug-likeness (QED) is 0.751. The number of aryl methyl sites for hydroxylation is 1. The molecule has 2 rings (SSSR count). The maximum absolute atomic E-state index is 12.6. The third-order valence-electron chi connectivity index (χ3n) is 3.59. The van der Waals surface area contributed by atoms with Crippen LogP contribution in [-0.4, -0.2) is 22.0 Å². The van der Waals surface area contributed by atoms with E-state index in [4.69, 9.17) is 0 Å². The second-order valence-electron chi connectivity index (χ2n) is 5.38. The van der Waals surface area contributed by atoms with Crippen LogP contribution in [0.2, 0.25) is 0 Å². The summed E-state index contributed by atoms with van der Waals surface area (Å²) in [5, 5.41) is 3.02. The van der Waals surface area contributed by atoms with E-state index in [2.05, 4.69) is 5.32 Å². The standard InChI is InChI=1S/C17H18F3NO2S.ClH/c1-21-11-3-5-13-4-2-6-16(12-13)24(22,23)15-9-7-14(8-10-15)17(18,19)20;/h2,4,6-10,12,21H,3,5,11H2,1H3;1H. The third-order valence-corrected chi connectivity index (χ3v) is 5.36. The fraction of sp³-hybridized carbons (Fsp3) is 0.294. The van der Waals surface area contributed by atoms with E-state index >= 15 is 0 Å². The molecule has 0 heterocycles. The molecule has 0 saturated heterocycles. The molecule has 0 aliphatic heterocycles. The zero-order valence-corrected chi connectivity index (χ0v) is 15.1. The van der Waals surface area contributed by atoms with E-state index in [-0.39, 0.29) is 22.2 Å². The number of benzene rings is 2. The third kappa shape index (κ3) is 5.45. The zero-order valence-electron chi connectivity index (χ0n) is 13.5. The summed E-state index contributed by atoms with van der Waals surface area (Å²) in [7, 11) is -2.00. The van der Waals surface area contributed by atoms with Gasteiger partial charge in [0.15, 0.2) is 0 Å². The molecule has 138 valence electrons. The second-order valence-corrected chi connectivity index (χ2v) is 7.33. The summed E-state index contributed by atoms with van der Waals surface area (Å²) in [6, 6.07) is 10.1. The summed E-state index contributed by atoms with van der Waals surface area (Å²) >= 11 is 0. The molecule has 0 radical (unpaired) electrons. The van der Waals surface area contributed by atoms with E-state index in [1.165, 1.54) is 6.07 Å². The van der Waals surface area contributed by atoms with Crippen molar-refractivity contribution >= 4 is 22.2 Å². The van der Waals surface area contributed by atoms with Crippen molar-refractivity contribution in [2.75, 3.05) is 13.6 Å². The van der Waals surface area contributed by atoms with Crippen LogP contribution >= 0.6 is 12.4 Å². The van der Waals surface area contributed by atoms with Crippen LogP contribution in [0.5, 0.6) is 0 Å². The molecule has 2 aromatic rings. The normalized spacial score (nSPS) is 11.8. The van der Waals surface area contributed by atoms with Gasteiger partial charge in [0.1, 0.15) is 0 Å². The zero-order chi connectivity index (χ0) is 17.8. The summed E-state index contributed by atoms with van der Waals surface area (Å²) in [4.78, 5) is -0.0629. The number of alkyl halides is 3. The fourth-order valence-corrected chi connectivity index (χ4v) is 3.63. The molecule has 0 saturated carbocycles. The number of rotatable bonds is 6.